The van der Waals surface area contributed by atoms with Crippen molar-refractivity contribution < 1.29 is 0 Å². The van der Waals surface area contributed by atoms with Crippen LogP contribution >= 0.6 is 0 Å². The van der Waals surface area contributed by atoms with Crippen LogP contribution in [0.1, 0.15) is 58.4 Å². The quantitative estimate of drug-likeness (QED) is 0.784. The smallest absolute Gasteiger partial charge is 0.0380 e. The third-order valence-electron chi connectivity index (χ3n) is 6.28. The normalized spacial score (nSPS) is 37.8. The zero-order valence-electron chi connectivity index (χ0n) is 13.7. The van der Waals surface area contributed by atoms with Crippen LogP contribution in [0, 0.1) is 23.7 Å². The number of hydrogen-bond acceptors (Lipinski definition) is 1. The molecule has 1 nitrogen and oxygen atoms in total. The van der Waals surface area contributed by atoms with Gasteiger partial charge in [-0.15, -0.1) is 0 Å². The lowest BCUT2D eigenvalue weighted by molar-refractivity contribution is 0.00749. The summed E-state index contributed by atoms with van der Waals surface area (Å²) in [6.07, 6.45) is 7.49. The molecular weight excluding hydrogens is 254 g/mol. The van der Waals surface area contributed by atoms with Crippen LogP contribution in [0.3, 0.4) is 0 Å². The molecule has 1 heteroatoms. The zero-order chi connectivity index (χ0) is 14.6. The highest BCUT2D eigenvalue weighted by molar-refractivity contribution is 5.55. The van der Waals surface area contributed by atoms with Crippen molar-refractivity contribution in [1.29, 1.82) is 0 Å². The van der Waals surface area contributed by atoms with E-state index in [0.717, 1.165) is 29.7 Å². The van der Waals surface area contributed by atoms with Crippen LogP contribution in [-0.4, -0.2) is 6.04 Å². The van der Waals surface area contributed by atoms with E-state index in [1.165, 1.54) is 43.4 Å². The summed E-state index contributed by atoms with van der Waals surface area (Å²) >= 11 is 0. The molecular formula is C20H29N. The predicted octanol–water partition coefficient (Wildman–Crippen LogP) is 5.22. The van der Waals surface area contributed by atoms with Gasteiger partial charge in [-0.2, -0.15) is 0 Å². The first kappa shape index (κ1) is 13.7. The lowest BCUT2D eigenvalue weighted by atomic mass is 9.54. The Morgan fingerprint density at radius 3 is 2.00 bits per heavy atom. The van der Waals surface area contributed by atoms with Gasteiger partial charge < -0.3 is 5.32 Å². The monoisotopic (exact) mass is 283 g/mol. The first-order valence-electron chi connectivity index (χ1n) is 8.87. The van der Waals surface area contributed by atoms with Gasteiger partial charge in [-0.3, -0.25) is 0 Å². The van der Waals surface area contributed by atoms with Crippen LogP contribution in [0.25, 0.3) is 0 Å². The van der Waals surface area contributed by atoms with Crippen LogP contribution < -0.4 is 5.32 Å². The molecule has 4 aliphatic rings. The molecule has 0 atom stereocenters. The van der Waals surface area contributed by atoms with E-state index >= 15 is 0 Å². The molecule has 0 heterocycles. The van der Waals surface area contributed by atoms with Crippen molar-refractivity contribution in [2.24, 2.45) is 23.7 Å². The molecule has 0 spiro atoms. The maximum Gasteiger partial charge on any atom is 0.0380 e. The predicted molar refractivity (Wildman–Crippen MR) is 89.6 cm³/mol. The lowest BCUT2D eigenvalue weighted by Gasteiger charge is -2.55. The number of benzene rings is 1. The third kappa shape index (κ3) is 2.39. The number of rotatable bonds is 2. The third-order valence-corrected chi connectivity index (χ3v) is 6.28. The molecule has 114 valence electrons. The van der Waals surface area contributed by atoms with E-state index in [4.69, 9.17) is 0 Å². The van der Waals surface area contributed by atoms with Gasteiger partial charge in [-0.1, -0.05) is 39.0 Å². The first-order chi connectivity index (χ1) is 10.0. The summed E-state index contributed by atoms with van der Waals surface area (Å²) < 4.78 is 0. The Hall–Kier alpha value is -0.980. The highest BCUT2D eigenvalue weighted by atomic mass is 15.0. The second-order valence-electron chi connectivity index (χ2n) is 8.90. The highest BCUT2D eigenvalue weighted by Crippen LogP contribution is 2.54. The minimum absolute atomic E-state index is 0.218. The molecule has 0 amide bonds. The molecule has 0 aliphatic heterocycles. The summed E-state index contributed by atoms with van der Waals surface area (Å²) in [6, 6.07) is 9.71. The molecule has 1 aromatic carbocycles. The van der Waals surface area contributed by atoms with Crippen LogP contribution in [0.5, 0.6) is 0 Å². The Balaban J connectivity index is 1.60. The molecule has 1 N–H and O–H groups in total. The Morgan fingerprint density at radius 2 is 1.43 bits per heavy atom. The second-order valence-corrected chi connectivity index (χ2v) is 8.90. The first-order valence-corrected chi connectivity index (χ1v) is 8.87. The van der Waals surface area contributed by atoms with E-state index < -0.39 is 0 Å². The topological polar surface area (TPSA) is 12.0 Å². The summed E-state index contributed by atoms with van der Waals surface area (Å²) in [5.74, 6) is 4.00. The van der Waals surface area contributed by atoms with Gasteiger partial charge in [-0.05, 0) is 72.8 Å². The molecule has 1 aromatic rings. The fourth-order valence-electron chi connectivity index (χ4n) is 5.60. The van der Waals surface area contributed by atoms with Crippen molar-refractivity contribution in [3.05, 3.63) is 29.8 Å². The average molecular weight is 283 g/mol. The van der Waals surface area contributed by atoms with Crippen LogP contribution in [-0.2, 0) is 5.41 Å². The molecule has 21 heavy (non-hydrogen) atoms. The number of anilines is 1. The summed E-state index contributed by atoms with van der Waals surface area (Å²) in [7, 11) is 0. The Bertz CT molecular complexity index is 497. The minimum Gasteiger partial charge on any atom is -0.382 e. The second kappa shape index (κ2) is 4.76. The van der Waals surface area contributed by atoms with Gasteiger partial charge in [0, 0.05) is 11.7 Å². The van der Waals surface area contributed by atoms with Crippen molar-refractivity contribution in [2.45, 2.75) is 64.3 Å². The number of nitrogens with one attached hydrogen (secondary N) is 1. The molecule has 5 rings (SSSR count). The molecule has 0 aromatic heterocycles. The van der Waals surface area contributed by atoms with Crippen molar-refractivity contribution >= 4 is 5.69 Å². The summed E-state index contributed by atoms with van der Waals surface area (Å²) in [5, 5.41) is 4.00. The largest absolute Gasteiger partial charge is 0.382 e. The Labute approximate surface area is 129 Å². The minimum atomic E-state index is 0.218. The van der Waals surface area contributed by atoms with Gasteiger partial charge in [0.05, 0.1) is 0 Å². The van der Waals surface area contributed by atoms with Crippen molar-refractivity contribution in [2.75, 3.05) is 5.32 Å². The zero-order valence-corrected chi connectivity index (χ0v) is 13.7. The molecule has 0 saturated heterocycles. The number of hydrogen-bond donors (Lipinski definition) is 1. The Morgan fingerprint density at radius 1 is 0.857 bits per heavy atom. The maximum absolute atomic E-state index is 4.00. The van der Waals surface area contributed by atoms with Gasteiger partial charge in [0.2, 0.25) is 0 Å². The fourth-order valence-corrected chi connectivity index (χ4v) is 5.60. The van der Waals surface area contributed by atoms with Crippen LogP contribution in [0.15, 0.2) is 24.3 Å². The molecule has 0 unspecified atom stereocenters. The fraction of sp³-hybridized carbons (Fsp3) is 0.700. The van der Waals surface area contributed by atoms with E-state index in [2.05, 4.69) is 50.4 Å². The van der Waals surface area contributed by atoms with E-state index in [1.54, 1.807) is 0 Å². The SMILES string of the molecule is CC(C)(C)c1ccccc1NC1C2CC3CC(C2)CC1C3. The lowest BCUT2D eigenvalue weighted by Crippen LogP contribution is -2.51. The van der Waals surface area contributed by atoms with Gasteiger partial charge in [0.15, 0.2) is 0 Å². The molecule has 4 fully saturated rings. The average Bonchev–Trinajstić information content (AvgIpc) is 2.41. The Kier molecular flexibility index (Phi) is 3.10. The summed E-state index contributed by atoms with van der Waals surface area (Å²) in [4.78, 5) is 0. The summed E-state index contributed by atoms with van der Waals surface area (Å²) in [5.41, 5.74) is 3.08. The molecule has 4 saturated carbocycles. The van der Waals surface area contributed by atoms with E-state index in [9.17, 15) is 0 Å². The van der Waals surface area contributed by atoms with Gasteiger partial charge in [0.25, 0.3) is 0 Å². The standard InChI is InChI=1S/C20H29N/c1-20(2,3)17-6-4-5-7-18(17)21-19-15-9-13-8-14(11-15)12-16(19)10-13/h4-7,13-16,19,21H,8-12H2,1-3H3. The van der Waals surface area contributed by atoms with Gasteiger partial charge in [0.1, 0.15) is 0 Å². The highest BCUT2D eigenvalue weighted by Gasteiger charge is 2.48. The van der Waals surface area contributed by atoms with E-state index in [1.807, 2.05) is 0 Å². The van der Waals surface area contributed by atoms with Crippen LogP contribution in [0.2, 0.25) is 0 Å². The van der Waals surface area contributed by atoms with Gasteiger partial charge in [-0.25, -0.2) is 0 Å². The van der Waals surface area contributed by atoms with Crippen LogP contribution in [0.4, 0.5) is 5.69 Å². The number of para-hydroxylation sites is 1. The van der Waals surface area contributed by atoms with Crippen molar-refractivity contribution in [1.82, 2.24) is 0 Å². The van der Waals surface area contributed by atoms with E-state index in [-0.39, 0.29) is 5.41 Å². The van der Waals surface area contributed by atoms with Crippen molar-refractivity contribution in [3.8, 4) is 0 Å². The van der Waals surface area contributed by atoms with E-state index in [0.29, 0.717) is 0 Å². The molecule has 4 aliphatic carbocycles. The summed E-state index contributed by atoms with van der Waals surface area (Å²) in [6.45, 7) is 6.97. The molecule has 0 radical (unpaired) electrons. The van der Waals surface area contributed by atoms with Gasteiger partial charge >= 0.3 is 0 Å². The maximum atomic E-state index is 4.00. The molecule has 4 bridgehead atoms. The van der Waals surface area contributed by atoms with Crippen molar-refractivity contribution in [3.63, 3.8) is 0 Å².